The van der Waals surface area contributed by atoms with Gasteiger partial charge in [-0.1, -0.05) is 45.0 Å². The lowest BCUT2D eigenvalue weighted by Crippen LogP contribution is -2.41. The van der Waals surface area contributed by atoms with Crippen LogP contribution in [0.4, 0.5) is 0 Å². The van der Waals surface area contributed by atoms with Crippen molar-refractivity contribution >= 4 is 11.7 Å². The van der Waals surface area contributed by atoms with E-state index < -0.39 is 0 Å². The Hall–Kier alpha value is -2.14. The number of ether oxygens (including phenoxy) is 2. The maximum absolute atomic E-state index is 13.7. The Morgan fingerprint density at radius 1 is 1.09 bits per heavy atom. The molecule has 1 saturated carbocycles. The standard InChI is InChI=1S/C27H37NO4/c1-16(2)19-8-10-20(11-9-19)24-23-25(29)21-15-18(5)7-12-22(21)32-26(23)27(30)28(24)13-6-14-31-17(3)4/h8-11,16-18,21-22,24H,6-7,12-15H2,1-5H3. The van der Waals surface area contributed by atoms with Crippen LogP contribution >= 0.6 is 0 Å². The Morgan fingerprint density at radius 3 is 2.47 bits per heavy atom. The number of rotatable bonds is 7. The summed E-state index contributed by atoms with van der Waals surface area (Å²) in [7, 11) is 0. The first-order chi connectivity index (χ1) is 15.3. The smallest absolute Gasteiger partial charge is 0.290 e. The first-order valence-electron chi connectivity index (χ1n) is 12.2. The zero-order chi connectivity index (χ0) is 23.0. The highest BCUT2D eigenvalue weighted by Crippen LogP contribution is 2.47. The second kappa shape index (κ2) is 9.38. The fourth-order valence-corrected chi connectivity index (χ4v) is 5.32. The van der Waals surface area contributed by atoms with Crippen molar-refractivity contribution in [2.75, 3.05) is 13.2 Å². The van der Waals surface area contributed by atoms with Crippen LogP contribution in [0.2, 0.25) is 0 Å². The molecule has 174 valence electrons. The second-order valence-electron chi connectivity index (χ2n) is 10.3. The molecule has 0 bridgehead atoms. The lowest BCUT2D eigenvalue weighted by atomic mass is 9.74. The van der Waals surface area contributed by atoms with E-state index in [0.29, 0.717) is 36.3 Å². The Balaban J connectivity index is 1.66. The molecule has 32 heavy (non-hydrogen) atoms. The van der Waals surface area contributed by atoms with E-state index in [9.17, 15) is 9.59 Å². The van der Waals surface area contributed by atoms with E-state index in [1.807, 2.05) is 18.7 Å². The fourth-order valence-electron chi connectivity index (χ4n) is 5.32. The van der Waals surface area contributed by atoms with Crippen molar-refractivity contribution in [2.24, 2.45) is 11.8 Å². The summed E-state index contributed by atoms with van der Waals surface area (Å²) in [4.78, 5) is 29.0. The van der Waals surface area contributed by atoms with Gasteiger partial charge in [0.25, 0.3) is 5.91 Å². The molecule has 0 spiro atoms. The topological polar surface area (TPSA) is 55.8 Å². The van der Waals surface area contributed by atoms with Crippen LogP contribution in [0.5, 0.6) is 0 Å². The maximum Gasteiger partial charge on any atom is 0.290 e. The van der Waals surface area contributed by atoms with Gasteiger partial charge in [-0.3, -0.25) is 9.59 Å². The molecule has 4 atom stereocenters. The number of Topliss-reactive ketones (excluding diaryl/α,β-unsaturated/α-hetero) is 1. The largest absolute Gasteiger partial charge is 0.483 e. The van der Waals surface area contributed by atoms with Gasteiger partial charge in [0.05, 0.1) is 23.6 Å². The zero-order valence-electron chi connectivity index (χ0n) is 20.1. The van der Waals surface area contributed by atoms with E-state index in [-0.39, 0.29) is 35.9 Å². The zero-order valence-corrected chi connectivity index (χ0v) is 20.1. The highest BCUT2D eigenvalue weighted by molar-refractivity contribution is 6.11. The van der Waals surface area contributed by atoms with Gasteiger partial charge in [-0.05, 0) is 62.5 Å². The molecule has 0 radical (unpaired) electrons. The summed E-state index contributed by atoms with van der Waals surface area (Å²) in [5.74, 6) is 1.08. The number of benzene rings is 1. The summed E-state index contributed by atoms with van der Waals surface area (Å²) >= 11 is 0. The molecule has 0 saturated heterocycles. The molecule has 4 unspecified atom stereocenters. The number of nitrogens with zero attached hydrogens (tertiary/aromatic N) is 1. The molecule has 2 heterocycles. The third-order valence-corrected chi connectivity index (χ3v) is 7.12. The van der Waals surface area contributed by atoms with Gasteiger partial charge >= 0.3 is 0 Å². The molecule has 1 aromatic carbocycles. The van der Waals surface area contributed by atoms with Gasteiger partial charge < -0.3 is 14.4 Å². The summed E-state index contributed by atoms with van der Waals surface area (Å²) in [5.41, 5.74) is 2.81. The summed E-state index contributed by atoms with van der Waals surface area (Å²) in [6.07, 6.45) is 3.46. The van der Waals surface area contributed by atoms with Crippen molar-refractivity contribution in [1.29, 1.82) is 0 Å². The summed E-state index contributed by atoms with van der Waals surface area (Å²) in [5, 5.41) is 0. The minimum Gasteiger partial charge on any atom is -0.483 e. The molecular weight excluding hydrogens is 402 g/mol. The van der Waals surface area contributed by atoms with Crippen LogP contribution in [-0.4, -0.2) is 41.9 Å². The number of hydrogen-bond acceptors (Lipinski definition) is 4. The van der Waals surface area contributed by atoms with Crippen molar-refractivity contribution in [3.05, 3.63) is 46.7 Å². The first-order valence-corrected chi connectivity index (χ1v) is 12.2. The molecular formula is C27H37NO4. The Labute approximate surface area is 192 Å². The number of carbonyl (C=O) groups excluding carboxylic acids is 2. The van der Waals surface area contributed by atoms with Crippen LogP contribution in [-0.2, 0) is 19.1 Å². The van der Waals surface area contributed by atoms with Crippen LogP contribution in [0.15, 0.2) is 35.6 Å². The average Bonchev–Trinajstić information content (AvgIpc) is 3.04. The van der Waals surface area contributed by atoms with Gasteiger partial charge in [0.2, 0.25) is 0 Å². The van der Waals surface area contributed by atoms with Gasteiger partial charge in [-0.2, -0.15) is 0 Å². The van der Waals surface area contributed by atoms with Crippen LogP contribution in [0.25, 0.3) is 0 Å². The summed E-state index contributed by atoms with van der Waals surface area (Å²) in [6.45, 7) is 11.7. The predicted octanol–water partition coefficient (Wildman–Crippen LogP) is 5.17. The lowest BCUT2D eigenvalue weighted by molar-refractivity contribution is -0.136. The second-order valence-corrected chi connectivity index (χ2v) is 10.3. The number of ketones is 1. The van der Waals surface area contributed by atoms with E-state index in [0.717, 1.165) is 31.2 Å². The van der Waals surface area contributed by atoms with Gasteiger partial charge in [0, 0.05) is 13.2 Å². The fraction of sp³-hybridized carbons (Fsp3) is 0.630. The molecule has 1 fully saturated rings. The third-order valence-electron chi connectivity index (χ3n) is 7.12. The number of carbonyl (C=O) groups is 2. The number of hydrogen-bond donors (Lipinski definition) is 0. The van der Waals surface area contributed by atoms with Gasteiger partial charge in [-0.25, -0.2) is 0 Å². The monoisotopic (exact) mass is 439 g/mol. The molecule has 0 aromatic heterocycles. The highest BCUT2D eigenvalue weighted by atomic mass is 16.5. The van der Waals surface area contributed by atoms with Crippen molar-refractivity contribution in [3.63, 3.8) is 0 Å². The van der Waals surface area contributed by atoms with Crippen LogP contribution in [0, 0.1) is 11.8 Å². The van der Waals surface area contributed by atoms with Gasteiger partial charge in [0.1, 0.15) is 6.10 Å². The summed E-state index contributed by atoms with van der Waals surface area (Å²) < 4.78 is 12.0. The minimum atomic E-state index is -0.372. The van der Waals surface area contributed by atoms with Crippen molar-refractivity contribution in [2.45, 2.75) is 84.5 Å². The number of amides is 1. The van der Waals surface area contributed by atoms with E-state index in [1.165, 1.54) is 5.56 Å². The average molecular weight is 440 g/mol. The minimum absolute atomic E-state index is 0.120. The van der Waals surface area contributed by atoms with E-state index in [4.69, 9.17) is 9.47 Å². The van der Waals surface area contributed by atoms with E-state index in [2.05, 4.69) is 45.0 Å². The highest BCUT2D eigenvalue weighted by Gasteiger charge is 2.52. The molecule has 5 heteroatoms. The molecule has 2 aliphatic heterocycles. The normalized spacial score (nSPS) is 27.8. The van der Waals surface area contributed by atoms with Crippen LogP contribution < -0.4 is 0 Å². The Kier molecular flexibility index (Phi) is 6.75. The van der Waals surface area contributed by atoms with Gasteiger partial charge in [0.15, 0.2) is 11.5 Å². The Bertz CT molecular complexity index is 885. The molecule has 5 nitrogen and oxygen atoms in total. The van der Waals surface area contributed by atoms with E-state index in [1.54, 1.807) is 0 Å². The lowest BCUT2D eigenvalue weighted by Gasteiger charge is -2.37. The van der Waals surface area contributed by atoms with E-state index >= 15 is 0 Å². The molecule has 1 aromatic rings. The molecule has 4 rings (SSSR count). The Morgan fingerprint density at radius 2 is 1.81 bits per heavy atom. The van der Waals surface area contributed by atoms with Crippen molar-refractivity contribution in [1.82, 2.24) is 4.90 Å². The quantitative estimate of drug-likeness (QED) is 0.550. The molecule has 3 aliphatic rings. The van der Waals surface area contributed by atoms with Crippen LogP contribution in [0.3, 0.4) is 0 Å². The molecule has 1 aliphatic carbocycles. The van der Waals surface area contributed by atoms with Crippen molar-refractivity contribution in [3.8, 4) is 0 Å². The maximum atomic E-state index is 13.7. The third kappa shape index (κ3) is 4.36. The number of fused-ring (bicyclic) bond motifs is 1. The summed E-state index contributed by atoms with van der Waals surface area (Å²) in [6, 6.07) is 8.00. The molecule has 0 N–H and O–H groups in total. The SMILES string of the molecule is CC1CCC2OC3=C(C(=O)C2C1)C(c1ccc(C(C)C)cc1)N(CCCOC(C)C)C3=O. The van der Waals surface area contributed by atoms with Crippen LogP contribution in [0.1, 0.15) is 83.4 Å². The van der Waals surface area contributed by atoms with Crippen molar-refractivity contribution < 1.29 is 19.1 Å². The first kappa shape index (κ1) is 23.0. The molecule has 1 amide bonds. The predicted molar refractivity (Wildman–Crippen MR) is 124 cm³/mol. The van der Waals surface area contributed by atoms with Gasteiger partial charge in [-0.15, -0.1) is 0 Å².